The van der Waals surface area contributed by atoms with Gasteiger partial charge >= 0.3 is 0 Å². The lowest BCUT2D eigenvalue weighted by Crippen LogP contribution is -2.28. The SMILES string of the molecule is COc1ccccc1C(C)NC(=O)CSc1ccc(C)cn1. The van der Waals surface area contributed by atoms with Gasteiger partial charge in [-0.15, -0.1) is 0 Å². The van der Waals surface area contributed by atoms with Gasteiger partial charge in [-0.1, -0.05) is 36.0 Å². The van der Waals surface area contributed by atoms with Crippen LogP contribution < -0.4 is 10.1 Å². The molecule has 0 radical (unpaired) electrons. The Morgan fingerprint density at radius 3 is 2.77 bits per heavy atom. The van der Waals surface area contributed by atoms with Crippen molar-refractivity contribution in [3.8, 4) is 5.75 Å². The van der Waals surface area contributed by atoms with Gasteiger partial charge in [0, 0.05) is 11.8 Å². The van der Waals surface area contributed by atoms with Crippen LogP contribution in [-0.4, -0.2) is 23.8 Å². The number of pyridine rings is 1. The molecule has 22 heavy (non-hydrogen) atoms. The number of hydrogen-bond donors (Lipinski definition) is 1. The Morgan fingerprint density at radius 2 is 2.09 bits per heavy atom. The lowest BCUT2D eigenvalue weighted by atomic mass is 10.1. The number of methoxy groups -OCH3 is 1. The van der Waals surface area contributed by atoms with Crippen LogP contribution in [0.1, 0.15) is 24.1 Å². The van der Waals surface area contributed by atoms with E-state index in [0.29, 0.717) is 5.75 Å². The van der Waals surface area contributed by atoms with E-state index in [1.165, 1.54) is 11.8 Å². The maximum atomic E-state index is 12.1. The fourth-order valence-electron chi connectivity index (χ4n) is 2.06. The van der Waals surface area contributed by atoms with Crippen LogP contribution >= 0.6 is 11.8 Å². The van der Waals surface area contributed by atoms with E-state index in [1.807, 2.05) is 50.2 Å². The number of carbonyl (C=O) groups is 1. The fraction of sp³-hybridized carbons (Fsp3) is 0.294. The molecule has 0 saturated carbocycles. The summed E-state index contributed by atoms with van der Waals surface area (Å²) >= 11 is 1.43. The summed E-state index contributed by atoms with van der Waals surface area (Å²) in [7, 11) is 1.63. The molecule has 0 aliphatic rings. The van der Waals surface area contributed by atoms with E-state index in [1.54, 1.807) is 13.3 Å². The van der Waals surface area contributed by atoms with Gasteiger partial charge in [0.2, 0.25) is 5.91 Å². The molecule has 0 spiro atoms. The van der Waals surface area contributed by atoms with Crippen LogP contribution in [0.2, 0.25) is 0 Å². The van der Waals surface area contributed by atoms with Crippen molar-refractivity contribution in [2.75, 3.05) is 12.9 Å². The second kappa shape index (κ2) is 7.84. The Balaban J connectivity index is 1.90. The zero-order valence-electron chi connectivity index (χ0n) is 13.0. The molecular formula is C17H20N2O2S. The van der Waals surface area contributed by atoms with Crippen molar-refractivity contribution < 1.29 is 9.53 Å². The molecule has 2 aromatic rings. The second-order valence-corrected chi connectivity index (χ2v) is 5.99. The Bertz CT molecular complexity index is 629. The fourth-order valence-corrected chi connectivity index (χ4v) is 2.72. The van der Waals surface area contributed by atoms with Crippen molar-refractivity contribution in [3.05, 3.63) is 53.7 Å². The normalized spacial score (nSPS) is 11.8. The molecule has 4 nitrogen and oxygen atoms in total. The van der Waals surface area contributed by atoms with Gasteiger partial charge < -0.3 is 10.1 Å². The number of carbonyl (C=O) groups excluding carboxylic acids is 1. The third-order valence-corrected chi connectivity index (χ3v) is 4.16. The number of hydrogen-bond acceptors (Lipinski definition) is 4. The summed E-state index contributed by atoms with van der Waals surface area (Å²) in [4.78, 5) is 16.3. The average molecular weight is 316 g/mol. The molecular weight excluding hydrogens is 296 g/mol. The minimum Gasteiger partial charge on any atom is -0.496 e. The van der Waals surface area contributed by atoms with Gasteiger partial charge in [-0.3, -0.25) is 4.79 Å². The minimum absolute atomic E-state index is 0.0224. The lowest BCUT2D eigenvalue weighted by Gasteiger charge is -2.17. The van der Waals surface area contributed by atoms with Crippen LogP contribution in [0.25, 0.3) is 0 Å². The molecule has 0 aliphatic heterocycles. The molecule has 1 unspecified atom stereocenters. The van der Waals surface area contributed by atoms with Gasteiger partial charge in [0.15, 0.2) is 0 Å². The van der Waals surface area contributed by atoms with Crippen LogP contribution in [0.3, 0.4) is 0 Å². The summed E-state index contributed by atoms with van der Waals surface area (Å²) in [6.07, 6.45) is 1.80. The van der Waals surface area contributed by atoms with Crippen LogP contribution in [0.15, 0.2) is 47.6 Å². The van der Waals surface area contributed by atoms with Gasteiger partial charge in [0.05, 0.1) is 23.9 Å². The number of para-hydroxylation sites is 1. The predicted molar refractivity (Wildman–Crippen MR) is 89.2 cm³/mol. The first-order valence-electron chi connectivity index (χ1n) is 7.08. The number of benzene rings is 1. The first-order valence-corrected chi connectivity index (χ1v) is 8.06. The van der Waals surface area contributed by atoms with Crippen molar-refractivity contribution in [2.24, 2.45) is 0 Å². The standard InChI is InChI=1S/C17H20N2O2S/c1-12-8-9-17(18-10-12)22-11-16(20)19-13(2)14-6-4-5-7-15(14)21-3/h4-10,13H,11H2,1-3H3,(H,19,20). The van der Waals surface area contributed by atoms with Crippen LogP contribution in [-0.2, 0) is 4.79 Å². The highest BCUT2D eigenvalue weighted by molar-refractivity contribution is 7.99. The lowest BCUT2D eigenvalue weighted by molar-refractivity contribution is -0.119. The number of ether oxygens (including phenoxy) is 1. The van der Waals surface area contributed by atoms with E-state index < -0.39 is 0 Å². The van der Waals surface area contributed by atoms with Crippen molar-refractivity contribution in [1.29, 1.82) is 0 Å². The van der Waals surface area contributed by atoms with Gasteiger partial charge in [0.25, 0.3) is 0 Å². The number of amides is 1. The van der Waals surface area contributed by atoms with Crippen LogP contribution in [0.4, 0.5) is 0 Å². The molecule has 2 rings (SSSR count). The maximum Gasteiger partial charge on any atom is 0.230 e. The molecule has 1 heterocycles. The second-order valence-electron chi connectivity index (χ2n) is 4.99. The third-order valence-electron chi connectivity index (χ3n) is 3.22. The van der Waals surface area contributed by atoms with E-state index in [0.717, 1.165) is 21.9 Å². The molecule has 1 N–H and O–H groups in total. The zero-order valence-corrected chi connectivity index (χ0v) is 13.8. The molecule has 1 amide bonds. The van der Waals surface area contributed by atoms with E-state index in [-0.39, 0.29) is 11.9 Å². The number of rotatable bonds is 6. The molecule has 0 saturated heterocycles. The monoisotopic (exact) mass is 316 g/mol. The van der Waals surface area contributed by atoms with Crippen molar-refractivity contribution in [1.82, 2.24) is 10.3 Å². The molecule has 0 bridgehead atoms. The van der Waals surface area contributed by atoms with E-state index in [4.69, 9.17) is 4.74 Å². The number of nitrogens with zero attached hydrogens (tertiary/aromatic N) is 1. The highest BCUT2D eigenvalue weighted by atomic mass is 32.2. The molecule has 1 atom stereocenters. The molecule has 116 valence electrons. The summed E-state index contributed by atoms with van der Waals surface area (Å²) in [6, 6.07) is 11.5. The minimum atomic E-state index is -0.102. The molecule has 1 aromatic heterocycles. The molecule has 5 heteroatoms. The summed E-state index contributed by atoms with van der Waals surface area (Å²) < 4.78 is 5.32. The van der Waals surface area contributed by atoms with Crippen molar-refractivity contribution in [2.45, 2.75) is 24.9 Å². The van der Waals surface area contributed by atoms with Crippen LogP contribution in [0.5, 0.6) is 5.75 Å². The van der Waals surface area contributed by atoms with E-state index in [9.17, 15) is 4.79 Å². The first-order chi connectivity index (χ1) is 10.6. The molecule has 1 aromatic carbocycles. The highest BCUT2D eigenvalue weighted by Crippen LogP contribution is 2.24. The largest absolute Gasteiger partial charge is 0.496 e. The van der Waals surface area contributed by atoms with Crippen LogP contribution in [0, 0.1) is 6.92 Å². The molecule has 0 aliphatic carbocycles. The van der Waals surface area contributed by atoms with Crippen molar-refractivity contribution >= 4 is 17.7 Å². The number of nitrogens with one attached hydrogen (secondary N) is 1. The Kier molecular flexibility index (Phi) is 5.83. The Hall–Kier alpha value is -2.01. The van der Waals surface area contributed by atoms with Gasteiger partial charge in [0.1, 0.15) is 5.75 Å². The Labute approximate surface area is 135 Å². The van der Waals surface area contributed by atoms with Crippen molar-refractivity contribution in [3.63, 3.8) is 0 Å². The first kappa shape index (κ1) is 16.4. The average Bonchev–Trinajstić information content (AvgIpc) is 2.54. The zero-order chi connectivity index (χ0) is 15.9. The summed E-state index contributed by atoms with van der Waals surface area (Å²) in [5, 5.41) is 3.84. The van der Waals surface area contributed by atoms with E-state index >= 15 is 0 Å². The summed E-state index contributed by atoms with van der Waals surface area (Å²) in [6.45, 7) is 3.94. The van der Waals surface area contributed by atoms with Gasteiger partial charge in [-0.05, 0) is 31.5 Å². The number of aromatic nitrogens is 1. The smallest absolute Gasteiger partial charge is 0.230 e. The Morgan fingerprint density at radius 1 is 1.32 bits per heavy atom. The number of thioether (sulfide) groups is 1. The van der Waals surface area contributed by atoms with E-state index in [2.05, 4.69) is 10.3 Å². The topological polar surface area (TPSA) is 51.2 Å². The molecule has 0 fully saturated rings. The highest BCUT2D eigenvalue weighted by Gasteiger charge is 2.13. The third kappa shape index (κ3) is 4.49. The summed E-state index contributed by atoms with van der Waals surface area (Å²) in [5.41, 5.74) is 2.08. The summed E-state index contributed by atoms with van der Waals surface area (Å²) in [5.74, 6) is 1.10. The van der Waals surface area contributed by atoms with Gasteiger partial charge in [-0.2, -0.15) is 0 Å². The van der Waals surface area contributed by atoms with Gasteiger partial charge in [-0.25, -0.2) is 4.98 Å². The maximum absolute atomic E-state index is 12.1. The number of aryl methyl sites for hydroxylation is 1. The predicted octanol–water partition coefficient (Wildman–Crippen LogP) is 3.37. The quantitative estimate of drug-likeness (QED) is 0.830.